The van der Waals surface area contributed by atoms with Gasteiger partial charge in [0.15, 0.2) is 0 Å². The zero-order valence-corrected chi connectivity index (χ0v) is 11.8. The second kappa shape index (κ2) is 6.17. The molecule has 0 fully saturated rings. The van der Waals surface area contributed by atoms with Crippen LogP contribution in [-0.2, 0) is 14.8 Å². The molecule has 0 radical (unpaired) electrons. The Morgan fingerprint density at radius 1 is 1.44 bits per heavy atom. The van der Waals surface area contributed by atoms with Gasteiger partial charge in [-0.05, 0) is 31.0 Å². The number of nitrogens with one attached hydrogen (secondary N) is 1. The fraction of sp³-hybridized carbons (Fsp3) is 0.500. The van der Waals surface area contributed by atoms with Gasteiger partial charge in [-0.1, -0.05) is 13.0 Å². The van der Waals surface area contributed by atoms with E-state index in [1.54, 1.807) is 26.2 Å². The van der Waals surface area contributed by atoms with Crippen LogP contribution in [0.4, 0.5) is 5.69 Å². The summed E-state index contributed by atoms with van der Waals surface area (Å²) in [5.74, 6) is 0. The quantitative estimate of drug-likeness (QED) is 0.764. The number of hydrogen-bond acceptors (Lipinski definition) is 4. The number of aryl methyl sites for hydroxylation is 1. The van der Waals surface area contributed by atoms with Gasteiger partial charge < -0.3 is 10.5 Å². The molecular weight excluding hydrogens is 252 g/mol. The van der Waals surface area contributed by atoms with Crippen LogP contribution in [0.5, 0.6) is 0 Å². The molecule has 1 aromatic rings. The van der Waals surface area contributed by atoms with Crippen LogP contribution in [-0.4, -0.2) is 28.2 Å². The number of benzene rings is 1. The Kier molecular flexibility index (Phi) is 5.13. The minimum absolute atomic E-state index is 0.219. The highest BCUT2D eigenvalue weighted by Gasteiger charge is 2.20. The van der Waals surface area contributed by atoms with Gasteiger partial charge >= 0.3 is 0 Å². The van der Waals surface area contributed by atoms with Crippen molar-refractivity contribution in [3.8, 4) is 0 Å². The van der Waals surface area contributed by atoms with Crippen molar-refractivity contribution in [1.29, 1.82) is 0 Å². The summed E-state index contributed by atoms with van der Waals surface area (Å²) in [7, 11) is -2.01. The van der Waals surface area contributed by atoms with Gasteiger partial charge in [0.1, 0.15) is 0 Å². The summed E-state index contributed by atoms with van der Waals surface area (Å²) in [6.45, 7) is 3.99. The third-order valence-electron chi connectivity index (χ3n) is 2.68. The van der Waals surface area contributed by atoms with Crippen LogP contribution in [0.15, 0.2) is 23.1 Å². The number of rotatable bonds is 6. The van der Waals surface area contributed by atoms with Crippen LogP contribution in [0.3, 0.4) is 0 Å². The van der Waals surface area contributed by atoms with Crippen LogP contribution in [0, 0.1) is 6.92 Å². The summed E-state index contributed by atoms with van der Waals surface area (Å²) in [6, 6.07) is 4.61. The average Bonchev–Trinajstić information content (AvgIpc) is 2.31. The van der Waals surface area contributed by atoms with E-state index in [0.717, 1.165) is 0 Å². The molecule has 18 heavy (non-hydrogen) atoms. The fourth-order valence-electron chi connectivity index (χ4n) is 1.63. The van der Waals surface area contributed by atoms with E-state index < -0.39 is 10.0 Å². The predicted molar refractivity (Wildman–Crippen MR) is 71.9 cm³/mol. The van der Waals surface area contributed by atoms with Crippen molar-refractivity contribution in [2.75, 3.05) is 19.5 Å². The van der Waals surface area contributed by atoms with Crippen molar-refractivity contribution in [2.45, 2.75) is 31.2 Å². The first kappa shape index (κ1) is 14.9. The lowest BCUT2D eigenvalue weighted by Crippen LogP contribution is -2.37. The van der Waals surface area contributed by atoms with E-state index >= 15 is 0 Å². The van der Waals surface area contributed by atoms with E-state index in [1.807, 2.05) is 6.92 Å². The maximum absolute atomic E-state index is 12.2. The average molecular weight is 272 g/mol. The molecule has 0 aliphatic rings. The van der Waals surface area contributed by atoms with E-state index in [-0.39, 0.29) is 10.9 Å². The third kappa shape index (κ3) is 3.69. The van der Waals surface area contributed by atoms with E-state index in [2.05, 4.69) is 4.72 Å². The molecule has 0 aliphatic carbocycles. The Balaban J connectivity index is 3.02. The van der Waals surface area contributed by atoms with E-state index in [9.17, 15) is 8.42 Å². The van der Waals surface area contributed by atoms with Crippen LogP contribution in [0.25, 0.3) is 0 Å². The maximum Gasteiger partial charge on any atom is 0.241 e. The van der Waals surface area contributed by atoms with Crippen LogP contribution < -0.4 is 10.5 Å². The lowest BCUT2D eigenvalue weighted by atomic mass is 10.2. The number of ether oxygens (including phenoxy) is 1. The zero-order chi connectivity index (χ0) is 13.8. The Hall–Kier alpha value is -1.11. The second-order valence-electron chi connectivity index (χ2n) is 4.21. The van der Waals surface area contributed by atoms with Crippen LogP contribution in [0.2, 0.25) is 0 Å². The van der Waals surface area contributed by atoms with Crippen molar-refractivity contribution >= 4 is 15.7 Å². The Bertz CT molecular complexity index is 500. The molecule has 1 atom stereocenters. The van der Waals surface area contributed by atoms with E-state index in [4.69, 9.17) is 10.5 Å². The van der Waals surface area contributed by atoms with Crippen molar-refractivity contribution in [3.05, 3.63) is 23.8 Å². The zero-order valence-electron chi connectivity index (χ0n) is 10.9. The molecule has 0 bridgehead atoms. The Morgan fingerprint density at radius 2 is 2.11 bits per heavy atom. The standard InChI is InChI=1S/C12H20N2O3S/c1-4-11(8-17-3)14-18(15,16)12-7-10(13)6-5-9(12)2/h5-7,11,14H,4,8,13H2,1-3H3. The minimum atomic E-state index is -3.56. The Morgan fingerprint density at radius 3 is 2.67 bits per heavy atom. The number of methoxy groups -OCH3 is 1. The van der Waals surface area contributed by atoms with Crippen molar-refractivity contribution < 1.29 is 13.2 Å². The molecule has 0 heterocycles. The van der Waals surface area contributed by atoms with Crippen molar-refractivity contribution in [3.63, 3.8) is 0 Å². The molecule has 6 heteroatoms. The van der Waals surface area contributed by atoms with Gasteiger partial charge in [-0.25, -0.2) is 13.1 Å². The molecule has 102 valence electrons. The largest absolute Gasteiger partial charge is 0.399 e. The molecule has 3 N–H and O–H groups in total. The van der Waals surface area contributed by atoms with Gasteiger partial charge in [0.25, 0.3) is 0 Å². The summed E-state index contributed by atoms with van der Waals surface area (Å²) in [4.78, 5) is 0.219. The first-order chi connectivity index (χ1) is 8.40. The molecule has 1 aromatic carbocycles. The van der Waals surface area contributed by atoms with Crippen molar-refractivity contribution in [2.24, 2.45) is 0 Å². The van der Waals surface area contributed by atoms with E-state index in [0.29, 0.717) is 24.3 Å². The lowest BCUT2D eigenvalue weighted by molar-refractivity contribution is 0.173. The molecule has 5 nitrogen and oxygen atoms in total. The normalized spacial score (nSPS) is 13.5. The molecule has 0 aromatic heterocycles. The monoisotopic (exact) mass is 272 g/mol. The number of nitrogens with two attached hydrogens (primary N) is 1. The number of anilines is 1. The predicted octanol–water partition coefficient (Wildman–Crippen LogP) is 1.28. The first-order valence-electron chi connectivity index (χ1n) is 5.78. The summed E-state index contributed by atoms with van der Waals surface area (Å²) in [5, 5.41) is 0. The molecule has 1 rings (SSSR count). The fourth-order valence-corrected chi connectivity index (χ4v) is 3.21. The molecule has 0 saturated carbocycles. The first-order valence-corrected chi connectivity index (χ1v) is 7.26. The molecule has 0 saturated heterocycles. The highest BCUT2D eigenvalue weighted by Crippen LogP contribution is 2.18. The summed E-state index contributed by atoms with van der Waals surface area (Å²) in [5.41, 5.74) is 6.73. The highest BCUT2D eigenvalue weighted by molar-refractivity contribution is 7.89. The van der Waals surface area contributed by atoms with Gasteiger partial charge in [-0.15, -0.1) is 0 Å². The van der Waals surface area contributed by atoms with Gasteiger partial charge in [0.2, 0.25) is 10.0 Å². The second-order valence-corrected chi connectivity index (χ2v) is 5.89. The van der Waals surface area contributed by atoms with Gasteiger partial charge in [0, 0.05) is 18.8 Å². The lowest BCUT2D eigenvalue weighted by Gasteiger charge is -2.17. The van der Waals surface area contributed by atoms with Gasteiger partial charge in [-0.2, -0.15) is 0 Å². The molecular formula is C12H20N2O3S. The number of sulfonamides is 1. The molecule has 1 unspecified atom stereocenters. The molecule has 0 amide bonds. The minimum Gasteiger partial charge on any atom is -0.399 e. The summed E-state index contributed by atoms with van der Waals surface area (Å²) in [6.07, 6.45) is 0.661. The SMILES string of the molecule is CCC(COC)NS(=O)(=O)c1cc(N)ccc1C. The molecule has 0 spiro atoms. The summed E-state index contributed by atoms with van der Waals surface area (Å²) >= 11 is 0. The Labute approximate surface area is 108 Å². The highest BCUT2D eigenvalue weighted by atomic mass is 32.2. The summed E-state index contributed by atoms with van der Waals surface area (Å²) < 4.78 is 32.1. The van der Waals surface area contributed by atoms with Crippen molar-refractivity contribution in [1.82, 2.24) is 4.72 Å². The topological polar surface area (TPSA) is 81.4 Å². The third-order valence-corrected chi connectivity index (χ3v) is 4.35. The number of nitrogen functional groups attached to an aromatic ring is 1. The van der Waals surface area contributed by atoms with Crippen LogP contribution in [0.1, 0.15) is 18.9 Å². The van der Waals surface area contributed by atoms with Gasteiger partial charge in [0.05, 0.1) is 11.5 Å². The smallest absolute Gasteiger partial charge is 0.241 e. The van der Waals surface area contributed by atoms with E-state index in [1.165, 1.54) is 6.07 Å². The maximum atomic E-state index is 12.2. The molecule has 0 aliphatic heterocycles. The van der Waals surface area contributed by atoms with Crippen LogP contribution >= 0.6 is 0 Å². The number of hydrogen-bond donors (Lipinski definition) is 2. The van der Waals surface area contributed by atoms with Gasteiger partial charge in [-0.3, -0.25) is 0 Å².